The molecule has 1 fully saturated rings. The van der Waals surface area contributed by atoms with Crippen LogP contribution in [0.15, 0.2) is 24.3 Å². The maximum Gasteiger partial charge on any atom is 0.263 e. The Morgan fingerprint density at radius 1 is 1.37 bits per heavy atom. The van der Waals surface area contributed by atoms with Crippen LogP contribution in [0.5, 0.6) is 5.75 Å². The predicted molar refractivity (Wildman–Crippen MR) is 115 cm³/mol. The Balaban J connectivity index is 0.00000182. The lowest BCUT2D eigenvalue weighted by molar-refractivity contribution is 0.0917. The van der Waals surface area contributed by atoms with Crippen LogP contribution >= 0.6 is 47.8 Å². The molecule has 5 nitrogen and oxygen atoms in total. The first-order chi connectivity index (χ1) is 12.0. The minimum Gasteiger partial charge on any atom is -0.486 e. The Morgan fingerprint density at radius 3 is 2.74 bits per heavy atom. The number of hydrogen-bond donors (Lipinski definition) is 2. The van der Waals surface area contributed by atoms with E-state index in [1.54, 1.807) is 12.1 Å². The van der Waals surface area contributed by atoms with Crippen molar-refractivity contribution in [3.8, 4) is 5.75 Å². The summed E-state index contributed by atoms with van der Waals surface area (Å²) in [7, 11) is 0. The molecule has 2 heterocycles. The quantitative estimate of drug-likeness (QED) is 0.711. The number of benzene rings is 1. The number of aromatic nitrogens is 1. The van der Waals surface area contributed by atoms with Gasteiger partial charge in [-0.3, -0.25) is 4.79 Å². The van der Waals surface area contributed by atoms with E-state index in [1.807, 2.05) is 19.1 Å². The molecule has 0 aliphatic carbocycles. The molecule has 27 heavy (non-hydrogen) atoms. The third kappa shape index (κ3) is 6.50. The van der Waals surface area contributed by atoms with Crippen molar-refractivity contribution in [3.63, 3.8) is 0 Å². The number of rotatable bonds is 5. The van der Waals surface area contributed by atoms with Crippen molar-refractivity contribution in [3.05, 3.63) is 44.9 Å². The zero-order valence-electron chi connectivity index (χ0n) is 15.2. The molecule has 1 aromatic carbocycles. The molecule has 1 aliphatic heterocycles. The number of thiazole rings is 1. The van der Waals surface area contributed by atoms with E-state index in [0.717, 1.165) is 36.0 Å². The van der Waals surface area contributed by atoms with E-state index in [0.29, 0.717) is 22.4 Å². The molecule has 0 bridgehead atoms. The van der Waals surface area contributed by atoms with Crippen molar-refractivity contribution in [2.24, 2.45) is 5.92 Å². The van der Waals surface area contributed by atoms with Gasteiger partial charge in [-0.05, 0) is 56.6 Å². The van der Waals surface area contributed by atoms with Crippen LogP contribution in [0.1, 0.15) is 33.7 Å². The molecule has 2 aromatic rings. The van der Waals surface area contributed by atoms with Crippen LogP contribution in [0.2, 0.25) is 5.02 Å². The highest BCUT2D eigenvalue weighted by atomic mass is 35.5. The van der Waals surface area contributed by atoms with Gasteiger partial charge in [0.2, 0.25) is 0 Å². The molecule has 0 saturated carbocycles. The number of nitrogens with one attached hydrogen (secondary N) is 2. The summed E-state index contributed by atoms with van der Waals surface area (Å²) in [4.78, 5) is 17.7. The Kier molecular flexibility index (Phi) is 9.84. The molecule has 9 heteroatoms. The zero-order chi connectivity index (χ0) is 17.8. The molecule has 0 spiro atoms. The Morgan fingerprint density at radius 2 is 2.07 bits per heavy atom. The molecule has 150 valence electrons. The molecule has 1 aromatic heterocycles. The maximum atomic E-state index is 12.6. The van der Waals surface area contributed by atoms with Gasteiger partial charge in [-0.1, -0.05) is 18.5 Å². The first-order valence-corrected chi connectivity index (χ1v) is 9.58. The van der Waals surface area contributed by atoms with Crippen LogP contribution in [0, 0.1) is 12.8 Å². The van der Waals surface area contributed by atoms with Crippen LogP contribution in [-0.2, 0) is 6.61 Å². The van der Waals surface area contributed by atoms with E-state index in [-0.39, 0.29) is 36.8 Å². The summed E-state index contributed by atoms with van der Waals surface area (Å²) in [6.45, 7) is 6.24. The molecular weight excluding hydrogens is 429 g/mol. The highest BCUT2D eigenvalue weighted by molar-refractivity contribution is 7.13. The number of ether oxygens (including phenoxy) is 1. The number of aryl methyl sites for hydroxylation is 1. The van der Waals surface area contributed by atoms with Crippen LogP contribution in [0.4, 0.5) is 0 Å². The number of carbonyl (C=O) groups is 1. The summed E-state index contributed by atoms with van der Waals surface area (Å²) < 4.78 is 5.71. The van der Waals surface area contributed by atoms with Crippen molar-refractivity contribution < 1.29 is 9.53 Å². The van der Waals surface area contributed by atoms with E-state index < -0.39 is 0 Å². The fraction of sp³-hybridized carbons (Fsp3) is 0.444. The molecule has 1 aliphatic rings. The number of amides is 1. The number of halogens is 3. The fourth-order valence-corrected chi connectivity index (χ4v) is 3.87. The predicted octanol–water partition coefficient (Wildman–Crippen LogP) is 4.26. The number of nitrogens with zero attached hydrogens (tertiary/aromatic N) is 1. The summed E-state index contributed by atoms with van der Waals surface area (Å²) in [5.74, 6) is 1.12. The van der Waals surface area contributed by atoms with Gasteiger partial charge in [0.1, 0.15) is 22.2 Å². The van der Waals surface area contributed by atoms with Gasteiger partial charge in [-0.15, -0.1) is 36.2 Å². The monoisotopic (exact) mass is 451 g/mol. The second-order valence-corrected chi connectivity index (χ2v) is 7.83. The van der Waals surface area contributed by atoms with Gasteiger partial charge in [0.05, 0.1) is 5.69 Å². The lowest BCUT2D eigenvalue weighted by Crippen LogP contribution is -2.48. The first kappa shape index (κ1) is 24.0. The molecule has 3 rings (SSSR count). The number of hydrogen-bond acceptors (Lipinski definition) is 5. The molecule has 1 amide bonds. The molecule has 2 atom stereocenters. The van der Waals surface area contributed by atoms with Gasteiger partial charge < -0.3 is 15.4 Å². The smallest absolute Gasteiger partial charge is 0.263 e. The minimum absolute atomic E-state index is 0. The fourth-order valence-electron chi connectivity index (χ4n) is 2.86. The Bertz CT molecular complexity index is 740. The summed E-state index contributed by atoms with van der Waals surface area (Å²) in [6.07, 6.45) is 0.956. The Hall–Kier alpha value is -1.05. The van der Waals surface area contributed by atoms with Gasteiger partial charge in [0.15, 0.2) is 0 Å². The van der Waals surface area contributed by atoms with Crippen molar-refractivity contribution in [2.45, 2.75) is 32.9 Å². The summed E-state index contributed by atoms with van der Waals surface area (Å²) in [5, 5.41) is 7.96. The molecule has 2 unspecified atom stereocenters. The number of carbonyl (C=O) groups excluding carboxylic acids is 1. The minimum atomic E-state index is -0.0357. The number of piperidine rings is 1. The molecule has 0 radical (unpaired) electrons. The van der Waals surface area contributed by atoms with Crippen LogP contribution in [0.25, 0.3) is 0 Å². The van der Waals surface area contributed by atoms with Gasteiger partial charge in [0, 0.05) is 11.1 Å². The third-order valence-electron chi connectivity index (χ3n) is 4.32. The van der Waals surface area contributed by atoms with Crippen molar-refractivity contribution in [1.29, 1.82) is 0 Å². The van der Waals surface area contributed by atoms with E-state index in [4.69, 9.17) is 16.3 Å². The van der Waals surface area contributed by atoms with E-state index in [9.17, 15) is 4.79 Å². The normalized spacial score (nSPS) is 18.8. The maximum absolute atomic E-state index is 12.6. The summed E-state index contributed by atoms with van der Waals surface area (Å²) >= 11 is 7.25. The van der Waals surface area contributed by atoms with Crippen molar-refractivity contribution >= 4 is 53.7 Å². The van der Waals surface area contributed by atoms with Crippen LogP contribution in [0.3, 0.4) is 0 Å². The largest absolute Gasteiger partial charge is 0.486 e. The van der Waals surface area contributed by atoms with E-state index >= 15 is 0 Å². The highest BCUT2D eigenvalue weighted by Crippen LogP contribution is 2.22. The second kappa shape index (κ2) is 11.1. The standard InChI is InChI=1S/C18H22ClN3O2S.2ClH/c1-11-9-20-8-7-15(11)22-18(23)17-12(2)21-16(25-17)10-24-14-5-3-13(19)4-6-14;;/h3-6,11,15,20H,7-10H2,1-2H3,(H,22,23);2*1H. The highest BCUT2D eigenvalue weighted by Gasteiger charge is 2.25. The van der Waals surface area contributed by atoms with E-state index in [2.05, 4.69) is 22.5 Å². The zero-order valence-corrected chi connectivity index (χ0v) is 18.4. The van der Waals surface area contributed by atoms with Crippen LogP contribution in [-0.4, -0.2) is 30.0 Å². The summed E-state index contributed by atoms with van der Waals surface area (Å²) in [6, 6.07) is 7.40. The average Bonchev–Trinajstić information content (AvgIpc) is 2.97. The van der Waals surface area contributed by atoms with Gasteiger partial charge in [0.25, 0.3) is 5.91 Å². The van der Waals surface area contributed by atoms with E-state index in [1.165, 1.54) is 11.3 Å². The molecule has 2 N–H and O–H groups in total. The van der Waals surface area contributed by atoms with Gasteiger partial charge in [-0.25, -0.2) is 4.98 Å². The SMILES string of the molecule is Cc1nc(COc2ccc(Cl)cc2)sc1C(=O)NC1CCNCC1C.Cl.Cl. The third-order valence-corrected chi connectivity index (χ3v) is 5.71. The Labute approximate surface area is 181 Å². The first-order valence-electron chi connectivity index (χ1n) is 8.39. The molecular formula is C18H24Cl3N3O2S. The average molecular weight is 453 g/mol. The van der Waals surface area contributed by atoms with Crippen molar-refractivity contribution in [2.75, 3.05) is 13.1 Å². The second-order valence-electron chi connectivity index (χ2n) is 6.31. The van der Waals surface area contributed by atoms with Gasteiger partial charge >= 0.3 is 0 Å². The van der Waals surface area contributed by atoms with Crippen LogP contribution < -0.4 is 15.4 Å². The lowest BCUT2D eigenvalue weighted by Gasteiger charge is -2.30. The lowest BCUT2D eigenvalue weighted by atomic mass is 9.95. The van der Waals surface area contributed by atoms with Gasteiger partial charge in [-0.2, -0.15) is 0 Å². The topological polar surface area (TPSA) is 63.2 Å². The summed E-state index contributed by atoms with van der Waals surface area (Å²) in [5.41, 5.74) is 0.749. The van der Waals surface area contributed by atoms with Crippen molar-refractivity contribution in [1.82, 2.24) is 15.6 Å². The molecule has 1 saturated heterocycles.